The molecule has 0 saturated carbocycles. The van der Waals surface area contributed by atoms with Crippen molar-refractivity contribution in [1.29, 1.82) is 0 Å². The smallest absolute Gasteiger partial charge is 0.253 e. The van der Waals surface area contributed by atoms with E-state index in [4.69, 9.17) is 0 Å². The number of aryl methyl sites for hydroxylation is 2. The Labute approximate surface area is 147 Å². The van der Waals surface area contributed by atoms with E-state index in [2.05, 4.69) is 22.4 Å². The summed E-state index contributed by atoms with van der Waals surface area (Å²) < 4.78 is 0. The molecular weight excluding hydrogens is 320 g/mol. The number of benzene rings is 1. The summed E-state index contributed by atoms with van der Waals surface area (Å²) in [7, 11) is 0. The van der Waals surface area contributed by atoms with Crippen LogP contribution in [-0.4, -0.2) is 34.1 Å². The molecule has 0 aliphatic carbocycles. The molecule has 1 aromatic heterocycles. The Morgan fingerprint density at radius 1 is 1.38 bits per heavy atom. The summed E-state index contributed by atoms with van der Waals surface area (Å²) in [6.45, 7) is 8.60. The largest absolute Gasteiger partial charge is 0.378 e. The van der Waals surface area contributed by atoms with Crippen LogP contribution in [0.1, 0.15) is 45.7 Å². The summed E-state index contributed by atoms with van der Waals surface area (Å²) in [6.07, 6.45) is 2.32. The van der Waals surface area contributed by atoms with Crippen molar-refractivity contribution < 1.29 is 4.79 Å². The number of hydrogen-bond acceptors (Lipinski definition) is 5. The van der Waals surface area contributed by atoms with Crippen LogP contribution in [0.2, 0.25) is 0 Å². The van der Waals surface area contributed by atoms with Crippen LogP contribution in [0.5, 0.6) is 0 Å². The topological polar surface area (TPSA) is 58.1 Å². The zero-order chi connectivity index (χ0) is 17.1. The second-order valence-electron chi connectivity index (χ2n) is 6.60. The lowest BCUT2D eigenvalue weighted by molar-refractivity contribution is 0.0683. The van der Waals surface area contributed by atoms with Crippen molar-refractivity contribution in [2.24, 2.45) is 5.92 Å². The summed E-state index contributed by atoms with van der Waals surface area (Å²) in [5.74, 6) is 0.746. The number of hydrogen-bond donors (Lipinski definition) is 1. The molecule has 2 aromatic rings. The molecule has 1 unspecified atom stereocenters. The summed E-state index contributed by atoms with van der Waals surface area (Å²) >= 11 is 1.59. The highest BCUT2D eigenvalue weighted by atomic mass is 32.1. The van der Waals surface area contributed by atoms with Crippen LogP contribution in [0.15, 0.2) is 18.2 Å². The molecule has 24 heavy (non-hydrogen) atoms. The first-order valence-corrected chi connectivity index (χ1v) is 9.27. The van der Waals surface area contributed by atoms with Crippen LogP contribution in [-0.2, 0) is 6.54 Å². The molecular formula is C18H24N4OS. The lowest BCUT2D eigenvalue weighted by Gasteiger charge is -2.31. The average molecular weight is 344 g/mol. The van der Waals surface area contributed by atoms with E-state index in [-0.39, 0.29) is 5.91 Å². The average Bonchev–Trinajstić information content (AvgIpc) is 2.98. The lowest BCUT2D eigenvalue weighted by atomic mass is 9.99. The minimum Gasteiger partial charge on any atom is -0.378 e. The summed E-state index contributed by atoms with van der Waals surface area (Å²) in [4.78, 5) is 14.7. The molecule has 1 aromatic carbocycles. The molecule has 6 heteroatoms. The van der Waals surface area contributed by atoms with Gasteiger partial charge in [-0.1, -0.05) is 18.3 Å². The first-order chi connectivity index (χ1) is 11.5. The number of rotatable bonds is 4. The molecule has 2 heterocycles. The fraction of sp³-hybridized carbons (Fsp3) is 0.500. The van der Waals surface area contributed by atoms with Crippen LogP contribution < -0.4 is 5.32 Å². The number of anilines is 1. The predicted molar refractivity (Wildman–Crippen MR) is 97.5 cm³/mol. The molecule has 0 spiro atoms. The summed E-state index contributed by atoms with van der Waals surface area (Å²) in [6, 6.07) is 5.89. The van der Waals surface area contributed by atoms with E-state index in [0.717, 1.165) is 46.3 Å². The van der Waals surface area contributed by atoms with Crippen LogP contribution in [0.3, 0.4) is 0 Å². The lowest BCUT2D eigenvalue weighted by Crippen LogP contribution is -2.39. The van der Waals surface area contributed by atoms with Crippen molar-refractivity contribution in [3.05, 3.63) is 39.3 Å². The third-order valence-corrected chi connectivity index (χ3v) is 5.25. The van der Waals surface area contributed by atoms with Gasteiger partial charge in [0.1, 0.15) is 10.0 Å². The zero-order valence-corrected chi connectivity index (χ0v) is 15.3. The second kappa shape index (κ2) is 7.30. The van der Waals surface area contributed by atoms with Gasteiger partial charge >= 0.3 is 0 Å². The fourth-order valence-electron chi connectivity index (χ4n) is 3.13. The minimum atomic E-state index is 0.149. The van der Waals surface area contributed by atoms with Crippen LogP contribution in [0, 0.1) is 19.8 Å². The van der Waals surface area contributed by atoms with Gasteiger partial charge in [0.05, 0.1) is 6.54 Å². The standard InChI is InChI=1S/C18H24N4OS/c1-12-5-4-8-22(11-12)18(23)15-6-7-16(13(2)9-15)19-10-17-21-20-14(3)24-17/h6-7,9,12,19H,4-5,8,10-11H2,1-3H3. The van der Waals surface area contributed by atoms with Gasteiger partial charge in [-0.25, -0.2) is 0 Å². The maximum atomic E-state index is 12.7. The SMILES string of the molecule is Cc1nnc(CNc2ccc(C(=O)N3CCCC(C)C3)cc2C)s1. The third kappa shape index (κ3) is 3.93. The highest BCUT2D eigenvalue weighted by molar-refractivity contribution is 7.11. The van der Waals surface area contributed by atoms with E-state index >= 15 is 0 Å². The zero-order valence-electron chi connectivity index (χ0n) is 14.5. The third-order valence-electron chi connectivity index (χ3n) is 4.42. The van der Waals surface area contributed by atoms with Crippen LogP contribution in [0.25, 0.3) is 0 Å². The van der Waals surface area contributed by atoms with E-state index in [1.807, 2.05) is 36.9 Å². The number of nitrogens with one attached hydrogen (secondary N) is 1. The van der Waals surface area contributed by atoms with Crippen molar-refractivity contribution in [2.75, 3.05) is 18.4 Å². The van der Waals surface area contributed by atoms with Crippen molar-refractivity contribution >= 4 is 22.9 Å². The molecule has 0 radical (unpaired) electrons. The van der Waals surface area contributed by atoms with E-state index in [1.54, 1.807) is 11.3 Å². The van der Waals surface area contributed by atoms with Crippen molar-refractivity contribution in [3.8, 4) is 0 Å². The summed E-state index contributed by atoms with van der Waals surface area (Å²) in [5.41, 5.74) is 2.89. The molecule has 1 aliphatic rings. The molecule has 0 bridgehead atoms. The Hall–Kier alpha value is -1.95. The second-order valence-corrected chi connectivity index (χ2v) is 7.86. The maximum absolute atomic E-state index is 12.7. The Balaban J connectivity index is 1.66. The van der Waals surface area contributed by atoms with Gasteiger partial charge in [-0.15, -0.1) is 10.2 Å². The normalized spacial score (nSPS) is 17.8. The Morgan fingerprint density at radius 3 is 2.88 bits per heavy atom. The first-order valence-electron chi connectivity index (χ1n) is 8.45. The van der Waals surface area contributed by atoms with Gasteiger partial charge in [-0.3, -0.25) is 4.79 Å². The predicted octanol–water partition coefficient (Wildman–Crippen LogP) is 3.64. The van der Waals surface area contributed by atoms with Gasteiger partial charge in [0, 0.05) is 24.3 Å². The Bertz CT molecular complexity index is 728. The number of aromatic nitrogens is 2. The number of carbonyl (C=O) groups is 1. The molecule has 1 fully saturated rings. The van der Waals surface area contributed by atoms with Gasteiger partial charge in [0.25, 0.3) is 5.91 Å². The molecule has 1 amide bonds. The minimum absolute atomic E-state index is 0.149. The number of amides is 1. The number of nitrogens with zero attached hydrogens (tertiary/aromatic N) is 3. The molecule has 1 N–H and O–H groups in total. The van der Waals surface area contributed by atoms with Gasteiger partial charge < -0.3 is 10.2 Å². The monoisotopic (exact) mass is 344 g/mol. The number of piperidine rings is 1. The highest BCUT2D eigenvalue weighted by Gasteiger charge is 2.22. The molecule has 3 rings (SSSR count). The van der Waals surface area contributed by atoms with Crippen molar-refractivity contribution in [2.45, 2.75) is 40.2 Å². The maximum Gasteiger partial charge on any atom is 0.253 e. The van der Waals surface area contributed by atoms with Crippen molar-refractivity contribution in [1.82, 2.24) is 15.1 Å². The molecule has 1 saturated heterocycles. The molecule has 128 valence electrons. The number of likely N-dealkylation sites (tertiary alicyclic amines) is 1. The fourth-order valence-corrected chi connectivity index (χ4v) is 3.78. The van der Waals surface area contributed by atoms with Crippen LogP contribution >= 0.6 is 11.3 Å². The van der Waals surface area contributed by atoms with Crippen molar-refractivity contribution in [3.63, 3.8) is 0 Å². The quantitative estimate of drug-likeness (QED) is 0.920. The summed E-state index contributed by atoms with van der Waals surface area (Å²) in [5, 5.41) is 13.5. The van der Waals surface area contributed by atoms with E-state index in [1.165, 1.54) is 6.42 Å². The van der Waals surface area contributed by atoms with Gasteiger partial charge in [0.2, 0.25) is 0 Å². The molecule has 1 atom stereocenters. The van der Waals surface area contributed by atoms with E-state index in [0.29, 0.717) is 12.5 Å². The van der Waals surface area contributed by atoms with Gasteiger partial charge in [0.15, 0.2) is 0 Å². The van der Waals surface area contributed by atoms with E-state index in [9.17, 15) is 4.79 Å². The molecule has 1 aliphatic heterocycles. The Kier molecular flexibility index (Phi) is 5.14. The van der Waals surface area contributed by atoms with Gasteiger partial charge in [-0.05, 0) is 56.4 Å². The Morgan fingerprint density at radius 2 is 2.21 bits per heavy atom. The number of carbonyl (C=O) groups excluding carboxylic acids is 1. The van der Waals surface area contributed by atoms with Gasteiger partial charge in [-0.2, -0.15) is 0 Å². The first kappa shape index (κ1) is 16.9. The van der Waals surface area contributed by atoms with Crippen LogP contribution in [0.4, 0.5) is 5.69 Å². The molecule has 5 nitrogen and oxygen atoms in total. The highest BCUT2D eigenvalue weighted by Crippen LogP contribution is 2.22. The van der Waals surface area contributed by atoms with E-state index < -0.39 is 0 Å².